The summed E-state index contributed by atoms with van der Waals surface area (Å²) in [5.41, 5.74) is 2.07. The first-order valence-corrected chi connectivity index (χ1v) is 8.64. The van der Waals surface area contributed by atoms with Gasteiger partial charge in [0.1, 0.15) is 0 Å². The van der Waals surface area contributed by atoms with Crippen LogP contribution in [-0.4, -0.2) is 24.4 Å². The van der Waals surface area contributed by atoms with Gasteiger partial charge in [-0.05, 0) is 30.9 Å². The van der Waals surface area contributed by atoms with Crippen molar-refractivity contribution in [2.75, 3.05) is 13.2 Å². The number of hydrogen-bond acceptors (Lipinski definition) is 3. The molecule has 0 bridgehead atoms. The fraction of sp³-hybridized carbons (Fsp3) is 0.500. The van der Waals surface area contributed by atoms with Crippen molar-refractivity contribution in [2.45, 2.75) is 51.4 Å². The third-order valence-corrected chi connectivity index (χ3v) is 3.83. The molecule has 0 radical (unpaired) electrons. The maximum Gasteiger partial charge on any atom is 0.184 e. The predicted molar refractivity (Wildman–Crippen MR) is 94.0 cm³/mol. The molecule has 1 fully saturated rings. The molecule has 0 saturated carbocycles. The lowest BCUT2D eigenvalue weighted by molar-refractivity contribution is -0.0441. The Kier molecular flexibility index (Phi) is 8.08. The van der Waals surface area contributed by atoms with Crippen molar-refractivity contribution in [3.05, 3.63) is 53.6 Å². The number of aliphatic hydroxyl groups is 1. The van der Waals surface area contributed by atoms with E-state index in [-0.39, 0.29) is 6.29 Å². The van der Waals surface area contributed by atoms with Gasteiger partial charge in [0.2, 0.25) is 0 Å². The normalized spacial score (nSPS) is 17.5. The second-order valence-corrected chi connectivity index (χ2v) is 5.87. The van der Waals surface area contributed by atoms with Gasteiger partial charge in [-0.3, -0.25) is 0 Å². The molecule has 2 rings (SSSR count). The van der Waals surface area contributed by atoms with Gasteiger partial charge in [-0.2, -0.15) is 0 Å². The number of allylic oxidation sites excluding steroid dienone is 1. The zero-order valence-corrected chi connectivity index (χ0v) is 14.0. The van der Waals surface area contributed by atoms with Gasteiger partial charge in [-0.25, -0.2) is 0 Å². The summed E-state index contributed by atoms with van der Waals surface area (Å²) in [6, 6.07) is 8.05. The summed E-state index contributed by atoms with van der Waals surface area (Å²) in [6.45, 7) is 3.50. The van der Waals surface area contributed by atoms with E-state index in [2.05, 4.69) is 19.1 Å². The van der Waals surface area contributed by atoms with Gasteiger partial charge in [0.25, 0.3) is 0 Å². The van der Waals surface area contributed by atoms with Gasteiger partial charge in [-0.1, -0.05) is 62.3 Å². The molecule has 126 valence electrons. The zero-order valence-electron chi connectivity index (χ0n) is 14.0. The molecular formula is C20H28O3. The second kappa shape index (κ2) is 10.4. The lowest BCUT2D eigenvalue weighted by Gasteiger charge is -2.09. The van der Waals surface area contributed by atoms with Gasteiger partial charge in [0, 0.05) is 5.56 Å². The highest BCUT2D eigenvalue weighted by Gasteiger charge is 2.17. The van der Waals surface area contributed by atoms with Crippen LogP contribution in [0.4, 0.5) is 0 Å². The van der Waals surface area contributed by atoms with Crippen molar-refractivity contribution in [1.82, 2.24) is 0 Å². The Labute approximate surface area is 139 Å². The van der Waals surface area contributed by atoms with Crippen molar-refractivity contribution in [3.8, 4) is 0 Å². The first-order chi connectivity index (χ1) is 11.3. The van der Waals surface area contributed by atoms with E-state index < -0.39 is 6.10 Å². The number of rotatable bonds is 9. The summed E-state index contributed by atoms with van der Waals surface area (Å²) in [7, 11) is 0. The molecule has 3 nitrogen and oxygen atoms in total. The average Bonchev–Trinajstić information content (AvgIpc) is 3.11. The molecule has 1 aliphatic heterocycles. The van der Waals surface area contributed by atoms with Crippen molar-refractivity contribution in [2.24, 2.45) is 0 Å². The second-order valence-electron chi connectivity index (χ2n) is 5.87. The third kappa shape index (κ3) is 6.69. The van der Waals surface area contributed by atoms with E-state index in [1.807, 2.05) is 36.4 Å². The Bertz CT molecular complexity index is 501. The van der Waals surface area contributed by atoms with Gasteiger partial charge in [0.15, 0.2) is 6.29 Å². The number of benzene rings is 1. The van der Waals surface area contributed by atoms with Crippen molar-refractivity contribution in [1.29, 1.82) is 0 Å². The molecular weight excluding hydrogens is 288 g/mol. The van der Waals surface area contributed by atoms with Crippen LogP contribution < -0.4 is 0 Å². The fourth-order valence-electron chi connectivity index (χ4n) is 2.53. The summed E-state index contributed by atoms with van der Waals surface area (Å²) in [6.07, 6.45) is 12.9. The number of hydrogen-bond donors (Lipinski definition) is 1. The molecule has 0 aromatic heterocycles. The Morgan fingerprint density at radius 3 is 2.83 bits per heavy atom. The minimum absolute atomic E-state index is 0.251. The van der Waals surface area contributed by atoms with E-state index in [0.29, 0.717) is 19.6 Å². The zero-order chi connectivity index (χ0) is 16.3. The lowest BCUT2D eigenvalue weighted by atomic mass is 10.1. The SMILES string of the molecule is CCCCCC=CCC(O)C=Cc1cccc(C2OCCO2)c1. The highest BCUT2D eigenvalue weighted by atomic mass is 16.7. The quantitative estimate of drug-likeness (QED) is 0.533. The maximum absolute atomic E-state index is 10.0. The molecule has 23 heavy (non-hydrogen) atoms. The van der Waals surface area contributed by atoms with Crippen LogP contribution in [0, 0.1) is 0 Å². The van der Waals surface area contributed by atoms with E-state index >= 15 is 0 Å². The molecule has 1 N–H and O–H groups in total. The summed E-state index contributed by atoms with van der Waals surface area (Å²) in [5.74, 6) is 0. The van der Waals surface area contributed by atoms with Gasteiger partial charge in [0.05, 0.1) is 19.3 Å². The molecule has 3 heteroatoms. The summed E-state index contributed by atoms with van der Waals surface area (Å²) < 4.78 is 11.0. The van der Waals surface area contributed by atoms with Crippen LogP contribution in [0.3, 0.4) is 0 Å². The molecule has 0 amide bonds. The first kappa shape index (κ1) is 17.9. The Morgan fingerprint density at radius 1 is 1.22 bits per heavy atom. The number of ether oxygens (including phenoxy) is 2. The highest BCUT2D eigenvalue weighted by molar-refractivity contribution is 5.51. The summed E-state index contributed by atoms with van der Waals surface area (Å²) in [4.78, 5) is 0. The first-order valence-electron chi connectivity index (χ1n) is 8.64. The van der Waals surface area contributed by atoms with E-state index in [9.17, 15) is 5.11 Å². The summed E-state index contributed by atoms with van der Waals surface area (Å²) in [5, 5.41) is 10.0. The van der Waals surface area contributed by atoms with Gasteiger partial charge >= 0.3 is 0 Å². The molecule has 1 aromatic carbocycles. The minimum atomic E-state index is -0.444. The lowest BCUT2D eigenvalue weighted by Crippen LogP contribution is -2.00. The molecule has 1 unspecified atom stereocenters. The predicted octanol–water partition coefficient (Wildman–Crippen LogP) is 4.63. The molecule has 0 aliphatic carbocycles. The number of unbranched alkanes of at least 4 members (excludes halogenated alkanes) is 3. The smallest absolute Gasteiger partial charge is 0.184 e. The minimum Gasteiger partial charge on any atom is -0.389 e. The van der Waals surface area contributed by atoms with Gasteiger partial charge < -0.3 is 14.6 Å². The molecule has 0 spiro atoms. The van der Waals surface area contributed by atoms with Crippen LogP contribution in [0.5, 0.6) is 0 Å². The van der Waals surface area contributed by atoms with Crippen LogP contribution in [-0.2, 0) is 9.47 Å². The Balaban J connectivity index is 1.78. The highest BCUT2D eigenvalue weighted by Crippen LogP contribution is 2.24. The van der Waals surface area contributed by atoms with Crippen LogP contribution in [0.2, 0.25) is 0 Å². The molecule has 1 aromatic rings. The molecule has 1 saturated heterocycles. The standard InChI is InChI=1S/C20H28O3/c1-2-3-4-5-6-7-11-19(21)13-12-17-9-8-10-18(16-17)20-22-14-15-23-20/h6-10,12-13,16,19-21H,2-5,11,14-15H2,1H3. The van der Waals surface area contributed by atoms with E-state index in [4.69, 9.17) is 9.47 Å². The van der Waals surface area contributed by atoms with Gasteiger partial charge in [-0.15, -0.1) is 0 Å². The van der Waals surface area contributed by atoms with Crippen molar-refractivity contribution >= 4 is 6.08 Å². The maximum atomic E-state index is 10.0. The van der Waals surface area contributed by atoms with Crippen LogP contribution in [0.15, 0.2) is 42.5 Å². The van der Waals surface area contributed by atoms with E-state index in [1.54, 1.807) is 0 Å². The molecule has 1 aliphatic rings. The third-order valence-electron chi connectivity index (χ3n) is 3.83. The van der Waals surface area contributed by atoms with Crippen LogP contribution in [0.25, 0.3) is 6.08 Å². The van der Waals surface area contributed by atoms with Crippen LogP contribution in [0.1, 0.15) is 56.4 Å². The fourth-order valence-corrected chi connectivity index (χ4v) is 2.53. The Morgan fingerprint density at radius 2 is 2.04 bits per heavy atom. The topological polar surface area (TPSA) is 38.7 Å². The molecule has 1 heterocycles. The number of aliphatic hydroxyl groups excluding tert-OH is 1. The largest absolute Gasteiger partial charge is 0.389 e. The van der Waals surface area contributed by atoms with Crippen molar-refractivity contribution in [3.63, 3.8) is 0 Å². The van der Waals surface area contributed by atoms with Crippen LogP contribution >= 0.6 is 0 Å². The summed E-state index contributed by atoms with van der Waals surface area (Å²) >= 11 is 0. The van der Waals surface area contributed by atoms with E-state index in [1.165, 1.54) is 19.3 Å². The Hall–Kier alpha value is -1.42. The molecule has 1 atom stereocenters. The average molecular weight is 316 g/mol. The van der Waals surface area contributed by atoms with E-state index in [0.717, 1.165) is 17.5 Å². The monoisotopic (exact) mass is 316 g/mol. The van der Waals surface area contributed by atoms with Crippen molar-refractivity contribution < 1.29 is 14.6 Å².